The number of carbonyl (C=O) groups is 3. The molecule has 1 aromatic heterocycles. The van der Waals surface area contributed by atoms with Crippen LogP contribution in [0, 0.1) is 5.92 Å². The molecule has 1 aliphatic rings. The van der Waals surface area contributed by atoms with Gasteiger partial charge in [0, 0.05) is 23.4 Å². The third kappa shape index (κ3) is 1.95. The number of hydrogen-bond donors (Lipinski definition) is 2. The van der Waals surface area contributed by atoms with Crippen LogP contribution in [0.5, 0.6) is 0 Å². The smallest absolute Gasteiger partial charge is 0.319 e. The summed E-state index contributed by atoms with van der Waals surface area (Å²) in [4.78, 5) is 42.4. The van der Waals surface area contributed by atoms with E-state index < -0.39 is 23.6 Å². The SMILES string of the molecule is NC(=O)c1cnc2c3c(ccc2c1)C(=O)C(C(=O)O)C=N3. The molecule has 0 radical (unpaired) electrons. The first-order chi connectivity index (χ1) is 9.99. The molecule has 7 nitrogen and oxygen atoms in total. The number of carbonyl (C=O) groups excluding carboxylic acids is 2. The molecule has 0 fully saturated rings. The number of aromatic nitrogens is 1. The summed E-state index contributed by atoms with van der Waals surface area (Å²) in [5.74, 6) is -3.66. The number of carboxylic acid groups (broad SMARTS) is 1. The molecular weight excluding hydrogens is 274 g/mol. The van der Waals surface area contributed by atoms with Crippen LogP contribution in [0.1, 0.15) is 20.7 Å². The summed E-state index contributed by atoms with van der Waals surface area (Å²) in [6, 6.07) is 4.62. The van der Waals surface area contributed by atoms with Crippen LogP contribution in [0.15, 0.2) is 29.4 Å². The standard InChI is InChI=1S/C14H9N3O4/c15-13(19)7-3-6-1-2-8-11(10(6)16-4-7)17-5-9(12(8)18)14(20)21/h1-5,9H,(H2,15,19)(H,20,21). The number of ketones is 1. The molecule has 0 bridgehead atoms. The number of pyridine rings is 1. The normalized spacial score (nSPS) is 16.8. The molecule has 3 N–H and O–H groups in total. The van der Waals surface area contributed by atoms with Crippen molar-refractivity contribution in [3.05, 3.63) is 35.5 Å². The Hall–Kier alpha value is -3.09. The van der Waals surface area contributed by atoms with Crippen molar-refractivity contribution in [2.24, 2.45) is 16.6 Å². The third-order valence-corrected chi connectivity index (χ3v) is 3.28. The second kappa shape index (κ2) is 4.48. The van der Waals surface area contributed by atoms with Gasteiger partial charge < -0.3 is 10.8 Å². The Morgan fingerprint density at radius 1 is 1.29 bits per heavy atom. The van der Waals surface area contributed by atoms with Crippen molar-refractivity contribution in [1.82, 2.24) is 4.98 Å². The van der Waals surface area contributed by atoms with E-state index >= 15 is 0 Å². The molecule has 1 aromatic carbocycles. The Labute approximate surface area is 118 Å². The van der Waals surface area contributed by atoms with E-state index in [9.17, 15) is 14.4 Å². The number of aliphatic carboxylic acids is 1. The van der Waals surface area contributed by atoms with Crippen molar-refractivity contribution >= 4 is 40.5 Å². The number of aliphatic imine (C=N–C) groups is 1. The summed E-state index contributed by atoms with van der Waals surface area (Å²) in [5.41, 5.74) is 6.37. The Morgan fingerprint density at radius 3 is 2.71 bits per heavy atom. The highest BCUT2D eigenvalue weighted by molar-refractivity contribution is 6.24. The molecule has 3 rings (SSSR count). The number of amides is 1. The maximum Gasteiger partial charge on any atom is 0.319 e. The van der Waals surface area contributed by atoms with Gasteiger partial charge in [-0.2, -0.15) is 0 Å². The molecule has 0 saturated heterocycles. The predicted molar refractivity (Wildman–Crippen MR) is 73.9 cm³/mol. The molecule has 2 aromatic rings. The number of carboxylic acids is 1. The van der Waals surface area contributed by atoms with Gasteiger partial charge >= 0.3 is 5.97 Å². The molecule has 0 saturated carbocycles. The largest absolute Gasteiger partial charge is 0.480 e. The Kier molecular flexibility index (Phi) is 2.76. The number of nitrogens with two attached hydrogens (primary N) is 1. The minimum atomic E-state index is -1.28. The first-order valence-corrected chi connectivity index (χ1v) is 6.03. The summed E-state index contributed by atoms with van der Waals surface area (Å²) < 4.78 is 0. The van der Waals surface area contributed by atoms with Crippen LogP contribution in [0.25, 0.3) is 10.9 Å². The summed E-state index contributed by atoms with van der Waals surface area (Å²) in [5, 5.41) is 9.57. The van der Waals surface area contributed by atoms with Gasteiger partial charge in [-0.3, -0.25) is 24.4 Å². The lowest BCUT2D eigenvalue weighted by Gasteiger charge is -2.15. The molecule has 1 amide bonds. The highest BCUT2D eigenvalue weighted by Gasteiger charge is 2.31. The van der Waals surface area contributed by atoms with Gasteiger partial charge in [-0.25, -0.2) is 0 Å². The van der Waals surface area contributed by atoms with E-state index in [4.69, 9.17) is 10.8 Å². The second-order valence-electron chi connectivity index (χ2n) is 4.58. The highest BCUT2D eigenvalue weighted by Crippen LogP contribution is 2.33. The van der Waals surface area contributed by atoms with Gasteiger partial charge in [0.05, 0.1) is 16.8 Å². The first-order valence-electron chi connectivity index (χ1n) is 6.03. The van der Waals surface area contributed by atoms with Crippen molar-refractivity contribution in [3.63, 3.8) is 0 Å². The van der Waals surface area contributed by atoms with E-state index in [0.717, 1.165) is 6.21 Å². The Balaban J connectivity index is 2.22. The van der Waals surface area contributed by atoms with Crippen LogP contribution in [0.4, 0.5) is 5.69 Å². The maximum absolute atomic E-state index is 12.1. The fourth-order valence-electron chi connectivity index (χ4n) is 2.21. The van der Waals surface area contributed by atoms with Crippen LogP contribution in [0.3, 0.4) is 0 Å². The average molecular weight is 283 g/mol. The fraction of sp³-hybridized carbons (Fsp3) is 0.0714. The van der Waals surface area contributed by atoms with Crippen LogP contribution in [-0.4, -0.2) is 34.0 Å². The summed E-state index contributed by atoms with van der Waals surface area (Å²) in [7, 11) is 0. The summed E-state index contributed by atoms with van der Waals surface area (Å²) in [6.07, 6.45) is 2.39. The van der Waals surface area contributed by atoms with E-state index in [1.807, 2.05) is 0 Å². The molecule has 104 valence electrons. The molecule has 1 aliphatic heterocycles. The monoisotopic (exact) mass is 283 g/mol. The van der Waals surface area contributed by atoms with Gasteiger partial charge in [0.15, 0.2) is 11.7 Å². The van der Waals surface area contributed by atoms with Gasteiger partial charge in [-0.1, -0.05) is 6.07 Å². The number of primary amides is 1. The second-order valence-corrected chi connectivity index (χ2v) is 4.58. The zero-order valence-corrected chi connectivity index (χ0v) is 10.6. The number of rotatable bonds is 2. The van der Waals surface area contributed by atoms with Crippen molar-refractivity contribution in [2.75, 3.05) is 0 Å². The van der Waals surface area contributed by atoms with E-state index in [0.29, 0.717) is 16.6 Å². The van der Waals surface area contributed by atoms with Gasteiger partial charge in [0.2, 0.25) is 5.91 Å². The average Bonchev–Trinajstić information content (AvgIpc) is 2.46. The summed E-state index contributed by atoms with van der Waals surface area (Å²) in [6.45, 7) is 0. The van der Waals surface area contributed by atoms with E-state index in [-0.39, 0.29) is 11.1 Å². The molecule has 21 heavy (non-hydrogen) atoms. The van der Waals surface area contributed by atoms with E-state index in [1.165, 1.54) is 12.3 Å². The number of fused-ring (bicyclic) bond motifs is 3. The van der Waals surface area contributed by atoms with Crippen LogP contribution in [-0.2, 0) is 4.79 Å². The van der Waals surface area contributed by atoms with Crippen molar-refractivity contribution in [2.45, 2.75) is 0 Å². The Morgan fingerprint density at radius 2 is 2.05 bits per heavy atom. The minimum absolute atomic E-state index is 0.205. The zero-order valence-electron chi connectivity index (χ0n) is 10.6. The number of Topliss-reactive ketones (excluding diaryl/α,β-unsaturated/α-hetero) is 1. The molecule has 0 spiro atoms. The molecule has 7 heteroatoms. The molecular formula is C14H9N3O4. The zero-order chi connectivity index (χ0) is 15.1. The number of benzene rings is 1. The quantitative estimate of drug-likeness (QED) is 0.794. The fourth-order valence-corrected chi connectivity index (χ4v) is 2.21. The molecule has 2 heterocycles. The Bertz CT molecular complexity index is 841. The van der Waals surface area contributed by atoms with Crippen LogP contribution < -0.4 is 5.73 Å². The van der Waals surface area contributed by atoms with Gasteiger partial charge in [-0.05, 0) is 12.1 Å². The van der Waals surface area contributed by atoms with Gasteiger partial charge in [-0.15, -0.1) is 0 Å². The number of hydrogen-bond acceptors (Lipinski definition) is 5. The molecule has 0 aliphatic carbocycles. The lowest BCUT2D eigenvalue weighted by atomic mass is 9.93. The summed E-state index contributed by atoms with van der Waals surface area (Å²) >= 11 is 0. The van der Waals surface area contributed by atoms with Gasteiger partial charge in [0.25, 0.3) is 0 Å². The maximum atomic E-state index is 12.1. The predicted octanol–water partition coefficient (Wildman–Crippen LogP) is 0.933. The van der Waals surface area contributed by atoms with Gasteiger partial charge in [0.1, 0.15) is 0 Å². The number of nitrogens with zero attached hydrogens (tertiary/aromatic N) is 2. The molecule has 1 atom stereocenters. The molecule has 1 unspecified atom stereocenters. The minimum Gasteiger partial charge on any atom is -0.480 e. The first kappa shape index (κ1) is 12.9. The van der Waals surface area contributed by atoms with Crippen LogP contribution >= 0.6 is 0 Å². The topological polar surface area (TPSA) is 123 Å². The van der Waals surface area contributed by atoms with Crippen LogP contribution in [0.2, 0.25) is 0 Å². The van der Waals surface area contributed by atoms with Crippen molar-refractivity contribution in [3.8, 4) is 0 Å². The lowest BCUT2D eigenvalue weighted by Crippen LogP contribution is -2.27. The van der Waals surface area contributed by atoms with Crippen molar-refractivity contribution < 1.29 is 19.5 Å². The van der Waals surface area contributed by atoms with Crippen molar-refractivity contribution in [1.29, 1.82) is 0 Å². The highest BCUT2D eigenvalue weighted by atomic mass is 16.4. The lowest BCUT2D eigenvalue weighted by molar-refractivity contribution is -0.137. The third-order valence-electron chi connectivity index (χ3n) is 3.28. The van der Waals surface area contributed by atoms with E-state index in [2.05, 4.69) is 9.98 Å². The van der Waals surface area contributed by atoms with E-state index in [1.54, 1.807) is 12.1 Å².